The summed E-state index contributed by atoms with van der Waals surface area (Å²) < 4.78 is 0. The Kier molecular flexibility index (Phi) is 7.09. The molecule has 1 heterocycles. The molecule has 2 amide bonds. The Bertz CT molecular complexity index is 498. The molecule has 0 aromatic heterocycles. The van der Waals surface area contributed by atoms with Crippen molar-refractivity contribution in [2.24, 2.45) is 5.92 Å². The minimum Gasteiger partial charge on any atom is -0.481 e. The van der Waals surface area contributed by atoms with Gasteiger partial charge in [-0.1, -0.05) is 32.1 Å². The van der Waals surface area contributed by atoms with Gasteiger partial charge in [-0.25, -0.2) is 4.79 Å². The number of rotatable bonds is 9. The molecule has 1 aliphatic heterocycles. The van der Waals surface area contributed by atoms with Crippen LogP contribution in [0.1, 0.15) is 70.6 Å². The van der Waals surface area contributed by atoms with Gasteiger partial charge in [0.25, 0.3) is 0 Å². The van der Waals surface area contributed by atoms with Gasteiger partial charge in [0.2, 0.25) is 0 Å². The molecule has 26 heavy (non-hydrogen) atoms. The Morgan fingerprint density at radius 3 is 2.77 bits per heavy atom. The van der Waals surface area contributed by atoms with E-state index in [2.05, 4.69) is 5.32 Å². The van der Waals surface area contributed by atoms with Crippen molar-refractivity contribution >= 4 is 23.8 Å². The first kappa shape index (κ1) is 19.8. The van der Waals surface area contributed by atoms with Crippen molar-refractivity contribution in [2.45, 2.75) is 94.2 Å². The second kappa shape index (κ2) is 9.31. The van der Waals surface area contributed by atoms with Gasteiger partial charge in [0, 0.05) is 11.7 Å². The summed E-state index contributed by atoms with van der Waals surface area (Å²) in [6, 6.07) is 0.0927. The van der Waals surface area contributed by atoms with E-state index >= 15 is 0 Å². The van der Waals surface area contributed by atoms with Crippen molar-refractivity contribution in [3.05, 3.63) is 0 Å². The highest BCUT2D eigenvalue weighted by Crippen LogP contribution is 2.38. The highest BCUT2D eigenvalue weighted by Gasteiger charge is 2.48. The zero-order valence-electron chi connectivity index (χ0n) is 15.4. The fourth-order valence-electron chi connectivity index (χ4n) is 4.78. The molecule has 0 bridgehead atoms. The van der Waals surface area contributed by atoms with E-state index in [-0.39, 0.29) is 24.5 Å². The van der Waals surface area contributed by atoms with Gasteiger partial charge in [0.05, 0.1) is 12.1 Å². The maximum atomic E-state index is 12.3. The first-order valence-electron chi connectivity index (χ1n) is 10.1. The van der Waals surface area contributed by atoms with Gasteiger partial charge in [0.1, 0.15) is 6.23 Å². The van der Waals surface area contributed by atoms with Gasteiger partial charge in [-0.3, -0.25) is 9.69 Å². The van der Waals surface area contributed by atoms with E-state index in [1.807, 2.05) is 11.8 Å². The third-order valence-corrected chi connectivity index (χ3v) is 7.53. The summed E-state index contributed by atoms with van der Waals surface area (Å²) in [6.07, 6.45) is 10.2. The van der Waals surface area contributed by atoms with Gasteiger partial charge in [-0.2, -0.15) is 11.8 Å². The number of aliphatic hydroxyl groups is 1. The van der Waals surface area contributed by atoms with Crippen LogP contribution in [-0.4, -0.2) is 56.4 Å². The molecule has 3 fully saturated rings. The molecule has 0 spiro atoms. The Morgan fingerprint density at radius 2 is 2.04 bits per heavy atom. The number of carboxylic acids is 1. The number of carboxylic acid groups (broad SMARTS) is 1. The van der Waals surface area contributed by atoms with Gasteiger partial charge < -0.3 is 15.5 Å². The molecule has 3 rings (SSSR count). The van der Waals surface area contributed by atoms with Crippen LogP contribution in [0.5, 0.6) is 0 Å². The molecule has 0 aromatic carbocycles. The molecule has 2 saturated carbocycles. The minimum atomic E-state index is -0.742. The van der Waals surface area contributed by atoms with Crippen LogP contribution in [0.25, 0.3) is 0 Å². The van der Waals surface area contributed by atoms with E-state index in [0.717, 1.165) is 25.0 Å². The lowest BCUT2D eigenvalue weighted by Crippen LogP contribution is -2.43. The Balaban J connectivity index is 1.44. The summed E-state index contributed by atoms with van der Waals surface area (Å²) in [7, 11) is 0. The fraction of sp³-hybridized carbons (Fsp3) is 0.895. The second-order valence-corrected chi connectivity index (χ2v) is 9.46. The summed E-state index contributed by atoms with van der Waals surface area (Å²) in [4.78, 5) is 24.6. The number of aliphatic carboxylic acids is 1. The summed E-state index contributed by atoms with van der Waals surface area (Å²) in [5.74, 6) is 0.809. The van der Waals surface area contributed by atoms with Crippen molar-refractivity contribution in [1.82, 2.24) is 10.2 Å². The van der Waals surface area contributed by atoms with Gasteiger partial charge in [0.15, 0.2) is 0 Å². The molecule has 1 saturated heterocycles. The largest absolute Gasteiger partial charge is 0.481 e. The number of carbonyl (C=O) groups is 2. The number of amides is 2. The van der Waals surface area contributed by atoms with Gasteiger partial charge in [-0.05, 0) is 43.8 Å². The normalized spacial score (nSPS) is 30.3. The number of thioether (sulfide) groups is 1. The zero-order chi connectivity index (χ0) is 18.5. The lowest BCUT2D eigenvalue weighted by atomic mass is 9.86. The van der Waals surface area contributed by atoms with Crippen LogP contribution < -0.4 is 5.32 Å². The SMILES string of the molecule is O=C(O)CCCS[C@H]1C[C@H]2NC(=O)N(C(O)CCC3CCCCC3)[C@H]2C1. The minimum absolute atomic E-state index is 0.0841. The number of carbonyl (C=O) groups excluding carboxylic acids is 1. The number of urea groups is 1. The number of hydrogen-bond donors (Lipinski definition) is 3. The molecular formula is C19H32N2O4S. The maximum absolute atomic E-state index is 12.3. The predicted octanol–water partition coefficient (Wildman–Crippen LogP) is 3.19. The maximum Gasteiger partial charge on any atom is 0.320 e. The smallest absolute Gasteiger partial charge is 0.320 e. The Hall–Kier alpha value is -0.950. The Labute approximate surface area is 160 Å². The van der Waals surface area contributed by atoms with Crippen LogP contribution >= 0.6 is 11.8 Å². The highest BCUT2D eigenvalue weighted by molar-refractivity contribution is 7.99. The molecule has 0 aromatic rings. The van der Waals surface area contributed by atoms with Crippen molar-refractivity contribution in [3.63, 3.8) is 0 Å². The predicted molar refractivity (Wildman–Crippen MR) is 102 cm³/mol. The molecule has 0 radical (unpaired) electrons. The molecular weight excluding hydrogens is 352 g/mol. The number of nitrogens with zero attached hydrogens (tertiary/aromatic N) is 1. The van der Waals surface area contributed by atoms with Gasteiger partial charge >= 0.3 is 12.0 Å². The quantitative estimate of drug-likeness (QED) is 0.531. The molecule has 148 valence electrons. The van der Waals surface area contributed by atoms with Crippen molar-refractivity contribution in [2.75, 3.05) is 5.75 Å². The van der Waals surface area contributed by atoms with E-state index in [9.17, 15) is 14.7 Å². The molecule has 6 nitrogen and oxygen atoms in total. The van der Waals surface area contributed by atoms with Crippen molar-refractivity contribution < 1.29 is 19.8 Å². The Morgan fingerprint density at radius 1 is 1.27 bits per heavy atom. The van der Waals surface area contributed by atoms with E-state index in [1.54, 1.807) is 4.90 Å². The van der Waals surface area contributed by atoms with E-state index in [4.69, 9.17) is 5.11 Å². The lowest BCUT2D eigenvalue weighted by Gasteiger charge is -2.30. The third kappa shape index (κ3) is 5.06. The van der Waals surface area contributed by atoms with Crippen LogP contribution in [0.3, 0.4) is 0 Å². The molecule has 7 heteroatoms. The van der Waals surface area contributed by atoms with Crippen LogP contribution in [-0.2, 0) is 4.79 Å². The molecule has 3 aliphatic rings. The number of hydrogen-bond acceptors (Lipinski definition) is 4. The number of nitrogens with one attached hydrogen (secondary N) is 1. The third-order valence-electron chi connectivity index (χ3n) is 6.15. The van der Waals surface area contributed by atoms with E-state index < -0.39 is 12.2 Å². The standard InChI is InChI=1S/C19H32N2O4S/c22-17(9-8-13-5-2-1-3-6-13)21-16-12-14(11-15(16)20-19(21)25)26-10-4-7-18(23)24/h13-17,22H,1-12H2,(H,20,25)(H,23,24)/t14-,15+,16-,17?/m0/s1. The van der Waals surface area contributed by atoms with E-state index in [1.165, 1.54) is 32.1 Å². The molecule has 4 atom stereocenters. The van der Waals surface area contributed by atoms with Crippen LogP contribution in [0.4, 0.5) is 4.79 Å². The van der Waals surface area contributed by atoms with Crippen LogP contribution in [0.2, 0.25) is 0 Å². The number of aliphatic hydroxyl groups excluding tert-OH is 1. The summed E-state index contributed by atoms with van der Waals surface area (Å²) in [5, 5.41) is 22.8. The molecule has 2 aliphatic carbocycles. The molecule has 1 unspecified atom stereocenters. The second-order valence-electron chi connectivity index (χ2n) is 8.05. The topological polar surface area (TPSA) is 89.9 Å². The average molecular weight is 385 g/mol. The summed E-state index contributed by atoms with van der Waals surface area (Å²) in [6.45, 7) is 0. The van der Waals surface area contributed by atoms with Crippen molar-refractivity contribution in [3.8, 4) is 0 Å². The molecule has 3 N–H and O–H groups in total. The van der Waals surface area contributed by atoms with Crippen LogP contribution in [0.15, 0.2) is 0 Å². The fourth-order valence-corrected chi connectivity index (χ4v) is 6.10. The monoisotopic (exact) mass is 384 g/mol. The summed E-state index contributed by atoms with van der Waals surface area (Å²) >= 11 is 1.81. The van der Waals surface area contributed by atoms with Crippen molar-refractivity contribution in [1.29, 1.82) is 0 Å². The highest BCUT2D eigenvalue weighted by atomic mass is 32.2. The van der Waals surface area contributed by atoms with E-state index in [0.29, 0.717) is 24.0 Å². The lowest BCUT2D eigenvalue weighted by molar-refractivity contribution is -0.137. The first-order chi connectivity index (χ1) is 12.5. The number of fused-ring (bicyclic) bond motifs is 1. The first-order valence-corrected chi connectivity index (χ1v) is 11.2. The van der Waals surface area contributed by atoms with Gasteiger partial charge in [-0.15, -0.1) is 0 Å². The average Bonchev–Trinajstić information content (AvgIpc) is 3.13. The summed E-state index contributed by atoms with van der Waals surface area (Å²) in [5.41, 5.74) is 0. The zero-order valence-corrected chi connectivity index (χ0v) is 16.3. The van der Waals surface area contributed by atoms with Crippen LogP contribution in [0, 0.1) is 5.92 Å².